The lowest BCUT2D eigenvalue weighted by molar-refractivity contribution is 0.0994. The minimum Gasteiger partial charge on any atom is -0.364 e. The van der Waals surface area contributed by atoms with Crippen molar-refractivity contribution >= 4 is 33.0 Å². The fourth-order valence-corrected chi connectivity index (χ4v) is 5.84. The number of fused-ring (bicyclic) bond motifs is 3. The van der Waals surface area contributed by atoms with Gasteiger partial charge < -0.3 is 5.73 Å². The Balaban J connectivity index is 1.61. The maximum absolute atomic E-state index is 14.2. The molecule has 0 aliphatic heterocycles. The molecule has 5 rings (SSSR count). The lowest BCUT2D eigenvalue weighted by Crippen LogP contribution is -2.16. The molecule has 0 fully saturated rings. The molecule has 1 heterocycles. The molecule has 13 heteroatoms. The summed E-state index contributed by atoms with van der Waals surface area (Å²) >= 11 is -1.43. The van der Waals surface area contributed by atoms with E-state index in [4.69, 9.17) is 10.9 Å². The number of nitrogens with zero attached hydrogens (tertiary/aromatic N) is 2. The van der Waals surface area contributed by atoms with E-state index in [0.29, 0.717) is 46.3 Å². The third-order valence-corrected chi connectivity index (χ3v) is 8.15. The molecule has 1 amide bonds. The molecule has 0 radical (unpaired) electrons. The Kier molecular flexibility index (Phi) is 6.23. The Hall–Kier alpha value is -3.78. The van der Waals surface area contributed by atoms with E-state index in [1.54, 1.807) is 36.4 Å². The number of carbonyl (C=O) groups is 1. The number of sulfonamides is 1. The first-order valence-electron chi connectivity index (χ1n) is 10.9. The number of hydrogen-bond acceptors (Lipinski definition) is 6. The standard InChI is InChI=1S/C24H19F2N5O4S2/c25-14-3-10-21(20(26)11-14)37(34,35)30-15-4-1-13-2-9-18-22(24(27)32)29-31(23(18)19(13)12-15)16-5-7-17(8-6-16)36(28)33/h1,3-8,10-12,30,33H,2,9,28H2,(H-,27,32)/p+1. The summed E-state index contributed by atoms with van der Waals surface area (Å²) in [7, 11) is -4.37. The number of benzene rings is 3. The van der Waals surface area contributed by atoms with Gasteiger partial charge in [0.2, 0.25) is 4.90 Å². The van der Waals surface area contributed by atoms with Gasteiger partial charge in [0.25, 0.3) is 27.3 Å². The van der Waals surface area contributed by atoms with E-state index in [0.717, 1.165) is 17.7 Å². The van der Waals surface area contributed by atoms with Gasteiger partial charge in [-0.15, -0.1) is 5.14 Å². The summed E-state index contributed by atoms with van der Waals surface area (Å²) in [6.45, 7) is 0. The molecule has 0 saturated heterocycles. The predicted octanol–water partition coefficient (Wildman–Crippen LogP) is 3.14. The first kappa shape index (κ1) is 24.9. The summed E-state index contributed by atoms with van der Waals surface area (Å²) in [6.07, 6.45) is 1.03. The summed E-state index contributed by atoms with van der Waals surface area (Å²) < 4.78 is 66.6. The van der Waals surface area contributed by atoms with Gasteiger partial charge in [-0.1, -0.05) is 6.07 Å². The fourth-order valence-electron chi connectivity index (χ4n) is 4.32. The molecule has 1 unspecified atom stereocenters. The second kappa shape index (κ2) is 9.27. The molecule has 0 saturated carbocycles. The number of anilines is 1. The monoisotopic (exact) mass is 544 g/mol. The van der Waals surface area contributed by atoms with Crippen molar-refractivity contribution in [2.75, 3.05) is 4.72 Å². The molecule has 190 valence electrons. The molecule has 1 aromatic heterocycles. The summed E-state index contributed by atoms with van der Waals surface area (Å²) in [5.74, 6) is -2.83. The number of carbonyl (C=O) groups excluding carboxylic acids is 1. The van der Waals surface area contributed by atoms with Crippen molar-refractivity contribution in [3.05, 3.63) is 89.1 Å². The van der Waals surface area contributed by atoms with Gasteiger partial charge >= 0.3 is 0 Å². The molecule has 4 aromatic rings. The molecule has 9 nitrogen and oxygen atoms in total. The molecule has 1 aliphatic rings. The minimum atomic E-state index is -4.37. The van der Waals surface area contributed by atoms with Crippen molar-refractivity contribution in [3.8, 4) is 16.9 Å². The van der Waals surface area contributed by atoms with Gasteiger partial charge in [0, 0.05) is 35.0 Å². The van der Waals surface area contributed by atoms with Crippen molar-refractivity contribution in [1.29, 1.82) is 0 Å². The summed E-state index contributed by atoms with van der Waals surface area (Å²) in [5.41, 5.74) is 9.01. The van der Waals surface area contributed by atoms with Crippen molar-refractivity contribution < 1.29 is 26.5 Å². The topological polar surface area (TPSA) is 153 Å². The Morgan fingerprint density at radius 1 is 1.05 bits per heavy atom. The van der Waals surface area contributed by atoms with Crippen LogP contribution >= 0.6 is 0 Å². The molecule has 0 spiro atoms. The first-order valence-corrected chi connectivity index (χ1v) is 13.6. The Bertz CT molecular complexity index is 1650. The molecular weight excluding hydrogens is 524 g/mol. The zero-order valence-corrected chi connectivity index (χ0v) is 20.6. The highest BCUT2D eigenvalue weighted by molar-refractivity contribution is 7.92. The van der Waals surface area contributed by atoms with E-state index >= 15 is 0 Å². The van der Waals surface area contributed by atoms with Crippen LogP contribution in [0.15, 0.2) is 70.5 Å². The highest BCUT2D eigenvalue weighted by Crippen LogP contribution is 2.39. The Morgan fingerprint density at radius 3 is 2.43 bits per heavy atom. The van der Waals surface area contributed by atoms with Crippen LogP contribution in [0.2, 0.25) is 0 Å². The SMILES string of the molecule is NC(=O)c1nn(-c2ccc([S+](N)O)cc2)c2c1CCc1ccc(NS(=O)(=O)c3ccc(F)cc3F)cc1-2. The minimum absolute atomic E-state index is 0.0878. The van der Waals surface area contributed by atoms with E-state index in [1.807, 2.05) is 0 Å². The van der Waals surface area contributed by atoms with E-state index < -0.39 is 43.8 Å². The van der Waals surface area contributed by atoms with Crippen molar-refractivity contribution in [2.45, 2.75) is 22.6 Å². The predicted molar refractivity (Wildman–Crippen MR) is 135 cm³/mol. The van der Waals surface area contributed by atoms with Crippen LogP contribution in [0.1, 0.15) is 21.6 Å². The van der Waals surface area contributed by atoms with Gasteiger partial charge in [-0.05, 0) is 54.8 Å². The molecule has 3 aromatic carbocycles. The fraction of sp³-hybridized carbons (Fsp3) is 0.0833. The van der Waals surface area contributed by atoms with Crippen LogP contribution in [0.5, 0.6) is 0 Å². The lowest BCUT2D eigenvalue weighted by atomic mass is 9.88. The maximum Gasteiger partial charge on any atom is 0.272 e. The normalized spacial score (nSPS) is 13.5. The summed E-state index contributed by atoms with van der Waals surface area (Å²) in [4.78, 5) is 12.0. The van der Waals surface area contributed by atoms with Gasteiger partial charge in [0.1, 0.15) is 16.5 Å². The molecular formula is C24H20F2N5O4S2+. The number of hydrogen-bond donors (Lipinski definition) is 4. The van der Waals surface area contributed by atoms with Gasteiger partial charge in [-0.25, -0.2) is 21.9 Å². The van der Waals surface area contributed by atoms with Crippen molar-refractivity contribution in [2.24, 2.45) is 10.9 Å². The van der Waals surface area contributed by atoms with Gasteiger partial charge in [0.15, 0.2) is 5.69 Å². The molecule has 0 bridgehead atoms. The van der Waals surface area contributed by atoms with Crippen LogP contribution < -0.4 is 15.6 Å². The van der Waals surface area contributed by atoms with E-state index in [-0.39, 0.29) is 11.4 Å². The second-order valence-corrected chi connectivity index (χ2v) is 11.1. The van der Waals surface area contributed by atoms with E-state index in [9.17, 15) is 26.5 Å². The van der Waals surface area contributed by atoms with E-state index in [2.05, 4.69) is 9.82 Å². The highest BCUT2D eigenvalue weighted by Gasteiger charge is 2.29. The van der Waals surface area contributed by atoms with Crippen LogP contribution in [0, 0.1) is 11.6 Å². The molecule has 1 aliphatic carbocycles. The van der Waals surface area contributed by atoms with Crippen molar-refractivity contribution in [1.82, 2.24) is 9.78 Å². The van der Waals surface area contributed by atoms with Crippen LogP contribution in [0.4, 0.5) is 14.5 Å². The van der Waals surface area contributed by atoms with Crippen molar-refractivity contribution in [3.63, 3.8) is 0 Å². The molecule has 37 heavy (non-hydrogen) atoms. The number of aromatic nitrogens is 2. The number of nitrogens with two attached hydrogens (primary N) is 2. The summed E-state index contributed by atoms with van der Waals surface area (Å²) in [5, 5.41) is 9.98. The lowest BCUT2D eigenvalue weighted by Gasteiger charge is -2.20. The van der Waals surface area contributed by atoms with Crippen LogP contribution in [0.25, 0.3) is 16.9 Å². The number of amides is 1. The average Bonchev–Trinajstić information content (AvgIpc) is 3.24. The maximum atomic E-state index is 14.2. The second-order valence-electron chi connectivity index (χ2n) is 8.31. The molecule has 6 N–H and O–H groups in total. The Labute approximate surface area is 213 Å². The highest BCUT2D eigenvalue weighted by atomic mass is 32.2. The first-order chi connectivity index (χ1) is 17.5. The van der Waals surface area contributed by atoms with Crippen LogP contribution in [-0.2, 0) is 34.2 Å². The number of halogens is 2. The number of rotatable bonds is 6. The zero-order valence-electron chi connectivity index (χ0n) is 19.0. The average molecular weight is 545 g/mol. The van der Waals surface area contributed by atoms with Gasteiger partial charge in [0.05, 0.1) is 11.4 Å². The number of aryl methyl sites for hydroxylation is 1. The quantitative estimate of drug-likeness (QED) is 0.274. The van der Waals surface area contributed by atoms with Crippen LogP contribution in [0.3, 0.4) is 0 Å². The number of nitrogens with one attached hydrogen (secondary N) is 1. The van der Waals surface area contributed by atoms with Gasteiger partial charge in [-0.3, -0.25) is 9.52 Å². The Morgan fingerprint density at radius 2 is 1.78 bits per heavy atom. The smallest absolute Gasteiger partial charge is 0.272 e. The van der Waals surface area contributed by atoms with Gasteiger partial charge in [-0.2, -0.15) is 9.65 Å². The zero-order chi connectivity index (χ0) is 26.5. The molecule has 1 atom stereocenters. The van der Waals surface area contributed by atoms with Crippen LogP contribution in [-0.4, -0.2) is 28.7 Å². The number of primary amides is 1. The third kappa shape index (κ3) is 4.57. The summed E-state index contributed by atoms with van der Waals surface area (Å²) in [6, 6.07) is 13.6. The van der Waals surface area contributed by atoms with E-state index in [1.165, 1.54) is 10.7 Å². The third-order valence-electron chi connectivity index (χ3n) is 5.98. The largest absolute Gasteiger partial charge is 0.364 e.